The van der Waals surface area contributed by atoms with Crippen LogP contribution in [-0.2, 0) is 35.7 Å². The standard InChI is InChI=1S/C31H34NSi.C5H8O2.Ir/c1-30(2,3)26-18-21(17-20-11-9-10-12-23(20)26)29-28-25(15-16-32-29)24-14-13-22(33(6,7)8)19-27(24)31(28,4)5;1-4(6)3-5(2)7;/h9-16,18-19H,1-8H3;3,6H,1-2H3;/q-1;;/b;4-3-;. The van der Waals surface area contributed by atoms with E-state index in [-0.39, 0.29) is 42.5 Å². The molecule has 1 aliphatic rings. The van der Waals surface area contributed by atoms with E-state index in [4.69, 9.17) is 10.1 Å². The Balaban J connectivity index is 0.000000516. The third kappa shape index (κ3) is 6.64. The first kappa shape index (κ1) is 32.7. The van der Waals surface area contributed by atoms with Crippen molar-refractivity contribution >= 4 is 29.8 Å². The van der Waals surface area contributed by atoms with Gasteiger partial charge in [0.25, 0.3) is 0 Å². The zero-order valence-corrected chi connectivity index (χ0v) is 29.4. The normalized spacial score (nSPS) is 14.0. The van der Waals surface area contributed by atoms with Crippen molar-refractivity contribution in [3.05, 3.63) is 95.4 Å². The second-order valence-corrected chi connectivity index (χ2v) is 18.6. The molecular formula is C36H42IrNO2Si-. The van der Waals surface area contributed by atoms with Crippen LogP contribution in [0.4, 0.5) is 0 Å². The van der Waals surface area contributed by atoms with Crippen molar-refractivity contribution in [1.82, 2.24) is 4.98 Å². The number of rotatable bonds is 3. The Morgan fingerprint density at radius 3 is 2.20 bits per heavy atom. The van der Waals surface area contributed by atoms with Gasteiger partial charge in [-0.25, -0.2) is 0 Å². The van der Waals surface area contributed by atoms with Crippen molar-refractivity contribution in [2.24, 2.45) is 0 Å². The van der Waals surface area contributed by atoms with Crippen LogP contribution in [0, 0.1) is 6.07 Å². The maximum absolute atomic E-state index is 10.0. The summed E-state index contributed by atoms with van der Waals surface area (Å²) in [7, 11) is -1.40. The second-order valence-electron chi connectivity index (χ2n) is 13.5. The zero-order chi connectivity index (χ0) is 29.6. The SMILES string of the molecule is CC(=O)/C=C(/C)O.CC(C)(C)c1cc(-c2nccc3c2C(C)(C)c2cc([Si](C)(C)C)ccc2-3)[c-]c2ccccc12.[Ir]. The first-order valence-electron chi connectivity index (χ1n) is 14.0. The number of aromatic nitrogens is 1. The molecule has 1 radical (unpaired) electrons. The molecule has 1 heterocycles. The van der Waals surface area contributed by atoms with E-state index in [0.717, 1.165) is 16.6 Å². The quantitative estimate of drug-likeness (QED) is 0.0989. The topological polar surface area (TPSA) is 50.2 Å². The molecule has 0 bridgehead atoms. The van der Waals surface area contributed by atoms with E-state index in [2.05, 4.69) is 115 Å². The fourth-order valence-corrected chi connectivity index (χ4v) is 6.85. The number of carbonyl (C=O) groups is 1. The van der Waals surface area contributed by atoms with Gasteiger partial charge in [-0.3, -0.25) is 9.78 Å². The molecule has 5 rings (SSSR count). The third-order valence-electron chi connectivity index (χ3n) is 7.68. The van der Waals surface area contributed by atoms with Crippen LogP contribution in [0.3, 0.4) is 0 Å². The number of allylic oxidation sites excluding steroid dienone is 2. The molecule has 1 N–H and O–H groups in total. The Morgan fingerprint density at radius 1 is 0.976 bits per heavy atom. The van der Waals surface area contributed by atoms with E-state index < -0.39 is 8.07 Å². The van der Waals surface area contributed by atoms with E-state index in [9.17, 15) is 4.79 Å². The molecule has 0 aliphatic heterocycles. The van der Waals surface area contributed by atoms with Crippen LogP contribution in [0.2, 0.25) is 19.6 Å². The molecule has 3 aromatic carbocycles. The number of hydrogen-bond donors (Lipinski definition) is 1. The van der Waals surface area contributed by atoms with Crippen LogP contribution in [0.15, 0.2) is 72.6 Å². The van der Waals surface area contributed by atoms with Crippen LogP contribution in [-0.4, -0.2) is 23.9 Å². The number of nitrogens with zero attached hydrogens (tertiary/aromatic N) is 1. The summed E-state index contributed by atoms with van der Waals surface area (Å²) in [5, 5.41) is 12.3. The summed E-state index contributed by atoms with van der Waals surface area (Å²) in [5.41, 5.74) is 8.89. The van der Waals surface area contributed by atoms with Gasteiger partial charge in [0, 0.05) is 43.5 Å². The second kappa shape index (κ2) is 11.8. The number of hydrogen-bond acceptors (Lipinski definition) is 3. The predicted molar refractivity (Wildman–Crippen MR) is 172 cm³/mol. The summed E-state index contributed by atoms with van der Waals surface area (Å²) < 4.78 is 0. The largest absolute Gasteiger partial charge is 0.512 e. The molecule has 1 aromatic heterocycles. The van der Waals surface area contributed by atoms with E-state index in [0.29, 0.717) is 0 Å². The number of carbonyl (C=O) groups excluding carboxylic acids is 1. The molecule has 0 spiro atoms. The van der Waals surface area contributed by atoms with Gasteiger partial charge in [-0.15, -0.1) is 29.1 Å². The molecule has 0 fully saturated rings. The molecule has 3 nitrogen and oxygen atoms in total. The van der Waals surface area contributed by atoms with Gasteiger partial charge in [-0.1, -0.05) is 107 Å². The number of benzene rings is 3. The molecule has 0 unspecified atom stereocenters. The predicted octanol–water partition coefficient (Wildman–Crippen LogP) is 8.89. The van der Waals surface area contributed by atoms with Crippen LogP contribution in [0.25, 0.3) is 33.2 Å². The van der Waals surface area contributed by atoms with Crippen molar-refractivity contribution in [3.8, 4) is 22.4 Å². The Labute approximate surface area is 260 Å². The van der Waals surface area contributed by atoms with Gasteiger partial charge in [0.1, 0.15) is 0 Å². The fourth-order valence-electron chi connectivity index (χ4n) is 5.69. The minimum absolute atomic E-state index is 0. The first-order valence-corrected chi connectivity index (χ1v) is 17.5. The number of aliphatic hydroxyl groups excluding tert-OH is 1. The minimum Gasteiger partial charge on any atom is -0.512 e. The maximum atomic E-state index is 10.0. The van der Waals surface area contributed by atoms with E-state index in [1.807, 2.05) is 6.20 Å². The van der Waals surface area contributed by atoms with Crippen LogP contribution in [0.5, 0.6) is 0 Å². The number of ketones is 1. The van der Waals surface area contributed by atoms with Gasteiger partial charge in [0.05, 0.1) is 13.8 Å². The number of aliphatic hydroxyl groups is 1. The molecule has 0 atom stereocenters. The number of fused-ring (bicyclic) bond motifs is 4. The molecule has 1 aliphatic carbocycles. The van der Waals surface area contributed by atoms with Crippen molar-refractivity contribution in [1.29, 1.82) is 0 Å². The Morgan fingerprint density at radius 2 is 1.63 bits per heavy atom. The number of pyridine rings is 1. The molecule has 0 amide bonds. The average molecular weight is 741 g/mol. The smallest absolute Gasteiger partial charge is 0.155 e. The molecule has 41 heavy (non-hydrogen) atoms. The van der Waals surface area contributed by atoms with E-state index in [1.165, 1.54) is 58.3 Å². The maximum Gasteiger partial charge on any atom is 0.155 e. The van der Waals surface area contributed by atoms with Crippen LogP contribution < -0.4 is 5.19 Å². The van der Waals surface area contributed by atoms with Gasteiger partial charge in [0.15, 0.2) is 5.78 Å². The van der Waals surface area contributed by atoms with Crippen LogP contribution >= 0.6 is 0 Å². The third-order valence-corrected chi connectivity index (χ3v) is 9.72. The van der Waals surface area contributed by atoms with Gasteiger partial charge < -0.3 is 5.11 Å². The van der Waals surface area contributed by atoms with E-state index >= 15 is 0 Å². The minimum atomic E-state index is -1.40. The van der Waals surface area contributed by atoms with Crippen molar-refractivity contribution < 1.29 is 30.0 Å². The zero-order valence-electron chi connectivity index (χ0n) is 26.0. The summed E-state index contributed by atoms with van der Waals surface area (Å²) in [5.74, 6) is -0.0625. The first-order chi connectivity index (χ1) is 18.5. The monoisotopic (exact) mass is 741 g/mol. The molecule has 217 valence electrons. The Kier molecular flexibility index (Phi) is 9.40. The van der Waals surface area contributed by atoms with Gasteiger partial charge in [-0.2, -0.15) is 0 Å². The average Bonchev–Trinajstić information content (AvgIpc) is 3.08. The summed E-state index contributed by atoms with van der Waals surface area (Å²) in [6.07, 6.45) is 3.14. The fraction of sp³-hybridized carbons (Fsp3) is 0.333. The van der Waals surface area contributed by atoms with Crippen LogP contribution in [0.1, 0.15) is 65.2 Å². The Bertz CT molecular complexity index is 1630. The summed E-state index contributed by atoms with van der Waals surface area (Å²) >= 11 is 0. The molecular weight excluding hydrogens is 699 g/mol. The molecule has 0 saturated heterocycles. The van der Waals surface area contributed by atoms with Crippen molar-refractivity contribution in [2.45, 2.75) is 78.9 Å². The molecule has 0 saturated carbocycles. The summed E-state index contributed by atoms with van der Waals surface area (Å²) in [6.45, 7) is 21.7. The van der Waals surface area contributed by atoms with E-state index in [1.54, 1.807) is 0 Å². The van der Waals surface area contributed by atoms with Gasteiger partial charge in [-0.05, 0) is 47.6 Å². The van der Waals surface area contributed by atoms with Gasteiger partial charge >= 0.3 is 0 Å². The Hall–Kier alpha value is -2.85. The van der Waals surface area contributed by atoms with Gasteiger partial charge in [0.2, 0.25) is 0 Å². The summed E-state index contributed by atoms with van der Waals surface area (Å²) in [4.78, 5) is 15.0. The molecule has 5 heteroatoms. The van der Waals surface area contributed by atoms with Crippen molar-refractivity contribution in [3.63, 3.8) is 0 Å². The summed E-state index contributed by atoms with van der Waals surface area (Å²) in [6, 6.07) is 24.1. The van der Waals surface area contributed by atoms with Crippen molar-refractivity contribution in [2.75, 3.05) is 0 Å². The molecule has 4 aromatic rings.